The molecule has 1 N–H and O–H groups in total. The summed E-state index contributed by atoms with van der Waals surface area (Å²) in [5.74, 6) is 3.86. The maximum atomic E-state index is 5.74. The lowest BCUT2D eigenvalue weighted by molar-refractivity contribution is 0.171. The molecule has 0 unspecified atom stereocenters. The average Bonchev–Trinajstić information content (AvgIpc) is 3.33. The third-order valence-corrected chi connectivity index (χ3v) is 4.66. The summed E-state index contributed by atoms with van der Waals surface area (Å²) in [5, 5.41) is 7.92. The molecule has 0 fully saturated rings. The van der Waals surface area contributed by atoms with E-state index in [1.165, 1.54) is 0 Å². The average molecular weight is 353 g/mol. The molecule has 4 heterocycles. The fourth-order valence-corrected chi connectivity index (χ4v) is 3.45. The Morgan fingerprint density at radius 3 is 2.88 bits per heavy atom. The SMILES string of the molecule is COc1cc2c(cc1-c1nccn1-c1cnn3c1NCCC3)OCCO2. The number of anilines is 1. The molecule has 0 atom stereocenters. The minimum atomic E-state index is 0.536. The second-order valence-electron chi connectivity index (χ2n) is 6.20. The summed E-state index contributed by atoms with van der Waals surface area (Å²) >= 11 is 0. The van der Waals surface area contributed by atoms with Crippen molar-refractivity contribution in [2.45, 2.75) is 13.0 Å². The number of hydrogen-bond acceptors (Lipinski definition) is 6. The van der Waals surface area contributed by atoms with E-state index in [9.17, 15) is 0 Å². The third kappa shape index (κ3) is 2.29. The van der Waals surface area contributed by atoms with Crippen LogP contribution in [0, 0.1) is 0 Å². The van der Waals surface area contributed by atoms with Crippen molar-refractivity contribution in [2.75, 3.05) is 32.2 Å². The van der Waals surface area contributed by atoms with E-state index in [-0.39, 0.29) is 0 Å². The smallest absolute Gasteiger partial charge is 0.165 e. The van der Waals surface area contributed by atoms with Crippen LogP contribution >= 0.6 is 0 Å². The number of nitrogens with zero attached hydrogens (tertiary/aromatic N) is 4. The molecule has 3 aromatic rings. The molecule has 8 nitrogen and oxygen atoms in total. The first-order chi connectivity index (χ1) is 12.8. The Labute approximate surface area is 150 Å². The van der Waals surface area contributed by atoms with Crippen LogP contribution in [0.5, 0.6) is 17.2 Å². The number of benzene rings is 1. The molecule has 0 saturated carbocycles. The molecule has 2 aromatic heterocycles. The van der Waals surface area contributed by atoms with Crippen molar-refractivity contribution in [3.63, 3.8) is 0 Å². The van der Waals surface area contributed by atoms with Gasteiger partial charge in [-0.05, 0) is 12.5 Å². The minimum absolute atomic E-state index is 0.536. The van der Waals surface area contributed by atoms with Gasteiger partial charge in [0.2, 0.25) is 0 Å². The molecule has 134 valence electrons. The predicted octanol–water partition coefficient (Wildman–Crippen LogP) is 2.33. The van der Waals surface area contributed by atoms with E-state index in [2.05, 4.69) is 15.4 Å². The van der Waals surface area contributed by atoms with E-state index < -0.39 is 0 Å². The number of hydrogen-bond donors (Lipinski definition) is 1. The Hall–Kier alpha value is -3.16. The molecular weight excluding hydrogens is 334 g/mol. The van der Waals surface area contributed by atoms with Gasteiger partial charge in [0.25, 0.3) is 0 Å². The monoisotopic (exact) mass is 353 g/mol. The van der Waals surface area contributed by atoms with E-state index in [0.29, 0.717) is 30.5 Å². The zero-order valence-corrected chi connectivity index (χ0v) is 14.4. The highest BCUT2D eigenvalue weighted by atomic mass is 16.6. The van der Waals surface area contributed by atoms with Crippen LogP contribution in [0.3, 0.4) is 0 Å². The van der Waals surface area contributed by atoms with Gasteiger partial charge in [-0.3, -0.25) is 4.57 Å². The van der Waals surface area contributed by atoms with Gasteiger partial charge in [-0.15, -0.1) is 0 Å². The van der Waals surface area contributed by atoms with Crippen molar-refractivity contribution >= 4 is 5.82 Å². The number of aromatic nitrogens is 4. The summed E-state index contributed by atoms with van der Waals surface area (Å²) in [4.78, 5) is 4.57. The lowest BCUT2D eigenvalue weighted by atomic mass is 10.1. The molecule has 0 aliphatic carbocycles. The lowest BCUT2D eigenvalue weighted by Gasteiger charge is -2.21. The van der Waals surface area contributed by atoms with Crippen molar-refractivity contribution in [2.24, 2.45) is 0 Å². The normalized spacial score (nSPS) is 15.3. The quantitative estimate of drug-likeness (QED) is 0.779. The van der Waals surface area contributed by atoms with Crippen LogP contribution in [0.15, 0.2) is 30.7 Å². The van der Waals surface area contributed by atoms with Gasteiger partial charge in [0.15, 0.2) is 11.5 Å². The molecule has 5 rings (SSSR count). The number of methoxy groups -OCH3 is 1. The maximum Gasteiger partial charge on any atom is 0.165 e. The highest BCUT2D eigenvalue weighted by molar-refractivity contribution is 5.72. The minimum Gasteiger partial charge on any atom is -0.496 e. The molecule has 0 amide bonds. The van der Waals surface area contributed by atoms with Crippen LogP contribution in [0.2, 0.25) is 0 Å². The Balaban J connectivity index is 1.65. The molecular formula is C18H19N5O3. The van der Waals surface area contributed by atoms with E-state index in [1.807, 2.05) is 33.8 Å². The Morgan fingerprint density at radius 2 is 2.04 bits per heavy atom. The number of rotatable bonds is 3. The van der Waals surface area contributed by atoms with Crippen molar-refractivity contribution in [3.05, 3.63) is 30.7 Å². The Morgan fingerprint density at radius 1 is 1.19 bits per heavy atom. The first-order valence-corrected chi connectivity index (χ1v) is 8.66. The highest BCUT2D eigenvalue weighted by Crippen LogP contribution is 2.41. The summed E-state index contributed by atoms with van der Waals surface area (Å²) in [6.07, 6.45) is 6.64. The molecule has 0 bridgehead atoms. The molecule has 1 aromatic carbocycles. The van der Waals surface area contributed by atoms with E-state index in [4.69, 9.17) is 14.2 Å². The maximum absolute atomic E-state index is 5.74. The molecule has 2 aliphatic rings. The fraction of sp³-hybridized carbons (Fsp3) is 0.333. The predicted molar refractivity (Wildman–Crippen MR) is 95.4 cm³/mol. The first kappa shape index (κ1) is 15.1. The standard InChI is InChI=1S/C18H19N5O3/c1-24-14-10-16-15(25-7-8-26-16)9-12(14)17-20-4-6-22(17)13-11-21-23-5-2-3-19-18(13)23/h4,6,9-11,19H,2-3,5,7-8H2,1H3. The number of fused-ring (bicyclic) bond motifs is 2. The van der Waals surface area contributed by atoms with Gasteiger partial charge in [0, 0.05) is 31.5 Å². The van der Waals surface area contributed by atoms with Gasteiger partial charge < -0.3 is 19.5 Å². The van der Waals surface area contributed by atoms with Gasteiger partial charge >= 0.3 is 0 Å². The van der Waals surface area contributed by atoms with E-state index in [1.54, 1.807) is 13.3 Å². The van der Waals surface area contributed by atoms with Crippen molar-refractivity contribution < 1.29 is 14.2 Å². The largest absolute Gasteiger partial charge is 0.496 e. The van der Waals surface area contributed by atoms with Crippen LogP contribution in [0.4, 0.5) is 5.82 Å². The third-order valence-electron chi connectivity index (χ3n) is 4.66. The number of aryl methyl sites for hydroxylation is 1. The second kappa shape index (κ2) is 5.98. The van der Waals surface area contributed by atoms with Crippen LogP contribution in [-0.4, -0.2) is 46.2 Å². The molecule has 8 heteroatoms. The van der Waals surface area contributed by atoms with Crippen LogP contribution < -0.4 is 19.5 Å². The van der Waals surface area contributed by atoms with Gasteiger partial charge in [0.1, 0.15) is 36.3 Å². The topological polar surface area (TPSA) is 75.4 Å². The zero-order valence-electron chi connectivity index (χ0n) is 14.4. The van der Waals surface area contributed by atoms with Gasteiger partial charge in [-0.1, -0.05) is 0 Å². The summed E-state index contributed by atoms with van der Waals surface area (Å²) in [6.45, 7) is 2.93. The molecule has 0 radical (unpaired) electrons. The number of imidazole rings is 1. The molecule has 26 heavy (non-hydrogen) atoms. The van der Waals surface area contributed by atoms with Crippen molar-refractivity contribution in [3.8, 4) is 34.3 Å². The summed E-state index contributed by atoms with van der Waals surface area (Å²) < 4.78 is 21.0. The summed E-state index contributed by atoms with van der Waals surface area (Å²) in [5.41, 5.74) is 1.81. The van der Waals surface area contributed by atoms with E-state index >= 15 is 0 Å². The molecule has 0 saturated heterocycles. The number of nitrogens with one attached hydrogen (secondary N) is 1. The van der Waals surface area contributed by atoms with Gasteiger partial charge in [0.05, 0.1) is 18.9 Å². The zero-order chi connectivity index (χ0) is 17.5. The van der Waals surface area contributed by atoms with Crippen molar-refractivity contribution in [1.29, 1.82) is 0 Å². The van der Waals surface area contributed by atoms with E-state index in [0.717, 1.165) is 42.4 Å². The Bertz CT molecular complexity index is 962. The second-order valence-corrected chi connectivity index (χ2v) is 6.20. The lowest BCUT2D eigenvalue weighted by Crippen LogP contribution is -2.18. The van der Waals surface area contributed by atoms with Crippen molar-refractivity contribution in [1.82, 2.24) is 19.3 Å². The van der Waals surface area contributed by atoms with Crippen LogP contribution in [0.1, 0.15) is 6.42 Å². The summed E-state index contributed by atoms with van der Waals surface area (Å²) in [7, 11) is 1.64. The fourth-order valence-electron chi connectivity index (χ4n) is 3.45. The Kier molecular flexibility index (Phi) is 3.48. The van der Waals surface area contributed by atoms with Crippen LogP contribution in [0.25, 0.3) is 17.1 Å². The molecule has 2 aliphatic heterocycles. The van der Waals surface area contributed by atoms with Gasteiger partial charge in [-0.2, -0.15) is 5.10 Å². The molecule has 0 spiro atoms. The number of ether oxygens (including phenoxy) is 3. The highest BCUT2D eigenvalue weighted by Gasteiger charge is 2.23. The first-order valence-electron chi connectivity index (χ1n) is 8.66. The summed E-state index contributed by atoms with van der Waals surface area (Å²) in [6, 6.07) is 3.78. The van der Waals surface area contributed by atoms with Crippen LogP contribution in [-0.2, 0) is 6.54 Å². The van der Waals surface area contributed by atoms with Gasteiger partial charge in [-0.25, -0.2) is 9.67 Å².